The number of aromatic hydroxyl groups is 1. The summed E-state index contributed by atoms with van der Waals surface area (Å²) in [5, 5.41) is 12.7. The van der Waals surface area contributed by atoms with E-state index in [9.17, 15) is 5.11 Å². The average molecular weight is 223 g/mol. The molecule has 0 saturated carbocycles. The number of benzene rings is 1. The van der Waals surface area contributed by atoms with Crippen LogP contribution < -0.4 is 5.32 Å². The second-order valence-corrected chi connectivity index (χ2v) is 5.18. The number of rotatable bonds is 4. The molecule has 1 atom stereocenters. The molecule has 2 N–H and O–H groups in total. The number of hydrogen-bond donors (Lipinski definition) is 2. The Morgan fingerprint density at radius 3 is 3.13 bits per heavy atom. The number of thioether (sulfide) groups is 1. The molecule has 0 amide bonds. The van der Waals surface area contributed by atoms with Gasteiger partial charge in [0.1, 0.15) is 5.75 Å². The Hall–Kier alpha value is -0.670. The van der Waals surface area contributed by atoms with Crippen LogP contribution in [0.2, 0.25) is 0 Å². The molecular formula is C12H17NOS. The molecule has 0 aromatic heterocycles. The van der Waals surface area contributed by atoms with Crippen molar-refractivity contribution < 1.29 is 5.11 Å². The fourth-order valence-corrected chi connectivity index (χ4v) is 3.12. The largest absolute Gasteiger partial charge is 0.508 e. The summed E-state index contributed by atoms with van der Waals surface area (Å²) in [4.78, 5) is 0. The Bertz CT molecular complexity index is 310. The van der Waals surface area contributed by atoms with Gasteiger partial charge < -0.3 is 10.4 Å². The minimum absolute atomic E-state index is 0.353. The molecule has 0 aliphatic carbocycles. The van der Waals surface area contributed by atoms with Gasteiger partial charge in [0.2, 0.25) is 0 Å². The molecule has 2 nitrogen and oxygen atoms in total. The maximum atomic E-state index is 9.29. The van der Waals surface area contributed by atoms with Crippen molar-refractivity contribution in [1.29, 1.82) is 0 Å². The van der Waals surface area contributed by atoms with Crippen molar-refractivity contribution in [3.63, 3.8) is 0 Å². The fourth-order valence-electron chi connectivity index (χ4n) is 1.83. The SMILES string of the molecule is Oc1cccc(CNCC2CCSC2)c1. The summed E-state index contributed by atoms with van der Waals surface area (Å²) in [5.41, 5.74) is 1.15. The Kier molecular flexibility index (Phi) is 3.92. The van der Waals surface area contributed by atoms with Crippen molar-refractivity contribution in [3.05, 3.63) is 29.8 Å². The summed E-state index contributed by atoms with van der Waals surface area (Å²) in [6.07, 6.45) is 1.34. The fraction of sp³-hybridized carbons (Fsp3) is 0.500. The van der Waals surface area contributed by atoms with Crippen LogP contribution in [0.3, 0.4) is 0 Å². The van der Waals surface area contributed by atoms with Gasteiger partial charge in [-0.2, -0.15) is 11.8 Å². The highest BCUT2D eigenvalue weighted by Gasteiger charge is 2.14. The summed E-state index contributed by atoms with van der Waals surface area (Å²) >= 11 is 2.05. The molecule has 1 fully saturated rings. The van der Waals surface area contributed by atoms with E-state index in [0.717, 1.165) is 24.6 Å². The Labute approximate surface area is 95.1 Å². The van der Waals surface area contributed by atoms with E-state index < -0.39 is 0 Å². The lowest BCUT2D eigenvalue weighted by molar-refractivity contribution is 0.473. The normalized spacial score (nSPS) is 20.7. The van der Waals surface area contributed by atoms with Gasteiger partial charge in [0.15, 0.2) is 0 Å². The average Bonchev–Trinajstić information content (AvgIpc) is 2.71. The van der Waals surface area contributed by atoms with Crippen LogP contribution in [0.25, 0.3) is 0 Å². The van der Waals surface area contributed by atoms with Gasteiger partial charge in [-0.05, 0) is 48.1 Å². The number of hydrogen-bond acceptors (Lipinski definition) is 3. The molecule has 0 radical (unpaired) electrons. The molecule has 1 aliphatic heterocycles. The lowest BCUT2D eigenvalue weighted by Crippen LogP contribution is -2.22. The van der Waals surface area contributed by atoms with Gasteiger partial charge in [-0.3, -0.25) is 0 Å². The highest BCUT2D eigenvalue weighted by Crippen LogP contribution is 2.22. The molecule has 1 aromatic rings. The van der Waals surface area contributed by atoms with Crippen LogP contribution in [0.4, 0.5) is 0 Å². The van der Waals surface area contributed by atoms with Crippen molar-refractivity contribution in [2.45, 2.75) is 13.0 Å². The molecule has 0 spiro atoms. The molecule has 1 saturated heterocycles. The second kappa shape index (κ2) is 5.42. The summed E-state index contributed by atoms with van der Waals surface area (Å²) in [7, 11) is 0. The molecule has 0 bridgehead atoms. The van der Waals surface area contributed by atoms with E-state index in [-0.39, 0.29) is 0 Å². The van der Waals surface area contributed by atoms with Gasteiger partial charge in [-0.1, -0.05) is 12.1 Å². The Morgan fingerprint density at radius 2 is 2.40 bits per heavy atom. The highest BCUT2D eigenvalue weighted by atomic mass is 32.2. The lowest BCUT2D eigenvalue weighted by Gasteiger charge is -2.09. The molecule has 82 valence electrons. The molecular weight excluding hydrogens is 206 g/mol. The van der Waals surface area contributed by atoms with Crippen molar-refractivity contribution in [2.75, 3.05) is 18.1 Å². The van der Waals surface area contributed by atoms with Gasteiger partial charge in [-0.15, -0.1) is 0 Å². The van der Waals surface area contributed by atoms with Gasteiger partial charge in [-0.25, -0.2) is 0 Å². The first-order chi connectivity index (χ1) is 7.34. The maximum absolute atomic E-state index is 9.29. The Morgan fingerprint density at radius 1 is 1.47 bits per heavy atom. The third kappa shape index (κ3) is 3.43. The maximum Gasteiger partial charge on any atom is 0.115 e. The summed E-state index contributed by atoms with van der Waals surface area (Å²) in [6.45, 7) is 1.96. The zero-order valence-corrected chi connectivity index (χ0v) is 9.59. The third-order valence-electron chi connectivity index (χ3n) is 2.70. The van der Waals surface area contributed by atoms with Crippen LogP contribution in [0.1, 0.15) is 12.0 Å². The first-order valence-corrected chi connectivity index (χ1v) is 6.56. The predicted octanol–water partition coefficient (Wildman–Crippen LogP) is 2.23. The number of phenols is 1. The third-order valence-corrected chi connectivity index (χ3v) is 3.93. The van der Waals surface area contributed by atoms with Gasteiger partial charge in [0.25, 0.3) is 0 Å². The first-order valence-electron chi connectivity index (χ1n) is 5.41. The summed E-state index contributed by atoms with van der Waals surface area (Å²) in [6, 6.07) is 7.45. The number of phenolic OH excluding ortho intramolecular Hbond substituents is 1. The molecule has 1 heterocycles. The van der Waals surface area contributed by atoms with Crippen LogP contribution in [-0.2, 0) is 6.54 Å². The minimum atomic E-state index is 0.353. The van der Waals surface area contributed by atoms with E-state index in [1.54, 1.807) is 6.07 Å². The van der Waals surface area contributed by atoms with Crippen LogP contribution >= 0.6 is 11.8 Å². The smallest absolute Gasteiger partial charge is 0.115 e. The van der Waals surface area contributed by atoms with Gasteiger partial charge in [0.05, 0.1) is 0 Å². The monoisotopic (exact) mass is 223 g/mol. The molecule has 1 aliphatic rings. The summed E-state index contributed by atoms with van der Waals surface area (Å²) < 4.78 is 0. The second-order valence-electron chi connectivity index (χ2n) is 4.03. The van der Waals surface area contributed by atoms with Crippen molar-refractivity contribution in [3.8, 4) is 5.75 Å². The number of nitrogens with one attached hydrogen (secondary N) is 1. The van der Waals surface area contributed by atoms with Crippen LogP contribution in [0.5, 0.6) is 5.75 Å². The Balaban J connectivity index is 1.73. The van der Waals surface area contributed by atoms with Gasteiger partial charge >= 0.3 is 0 Å². The van der Waals surface area contributed by atoms with Crippen molar-refractivity contribution >= 4 is 11.8 Å². The molecule has 1 unspecified atom stereocenters. The van der Waals surface area contributed by atoms with Crippen LogP contribution in [0, 0.1) is 5.92 Å². The molecule has 15 heavy (non-hydrogen) atoms. The first kappa shape index (κ1) is 10.8. The van der Waals surface area contributed by atoms with E-state index in [2.05, 4.69) is 17.1 Å². The molecule has 3 heteroatoms. The minimum Gasteiger partial charge on any atom is -0.508 e. The summed E-state index contributed by atoms with van der Waals surface area (Å²) in [5.74, 6) is 3.81. The predicted molar refractivity (Wildman–Crippen MR) is 65.2 cm³/mol. The standard InChI is InChI=1S/C12H17NOS/c14-12-3-1-2-10(6-12)7-13-8-11-4-5-15-9-11/h1-3,6,11,13-14H,4-5,7-9H2. The lowest BCUT2D eigenvalue weighted by atomic mass is 10.1. The van der Waals surface area contributed by atoms with Crippen LogP contribution in [0.15, 0.2) is 24.3 Å². The van der Waals surface area contributed by atoms with E-state index in [0.29, 0.717) is 5.75 Å². The zero-order valence-electron chi connectivity index (χ0n) is 8.78. The quantitative estimate of drug-likeness (QED) is 0.821. The zero-order chi connectivity index (χ0) is 10.5. The van der Waals surface area contributed by atoms with E-state index in [1.807, 2.05) is 18.2 Å². The topological polar surface area (TPSA) is 32.3 Å². The highest BCUT2D eigenvalue weighted by molar-refractivity contribution is 7.99. The van der Waals surface area contributed by atoms with Crippen molar-refractivity contribution in [1.82, 2.24) is 5.32 Å². The molecule has 1 aromatic carbocycles. The molecule has 2 rings (SSSR count). The van der Waals surface area contributed by atoms with Gasteiger partial charge in [0, 0.05) is 6.54 Å². The van der Waals surface area contributed by atoms with E-state index in [1.165, 1.54) is 17.9 Å². The van der Waals surface area contributed by atoms with E-state index >= 15 is 0 Å². The van der Waals surface area contributed by atoms with Crippen molar-refractivity contribution in [2.24, 2.45) is 5.92 Å². The van der Waals surface area contributed by atoms with E-state index in [4.69, 9.17) is 0 Å². The van der Waals surface area contributed by atoms with Crippen LogP contribution in [-0.4, -0.2) is 23.2 Å².